The van der Waals surface area contributed by atoms with Crippen LogP contribution in [0.25, 0.3) is 11.8 Å². The molecule has 0 atom stereocenters. The van der Waals surface area contributed by atoms with Gasteiger partial charge in [0.2, 0.25) is 0 Å². The molecule has 1 aliphatic carbocycles. The van der Waals surface area contributed by atoms with Crippen molar-refractivity contribution >= 4 is 23.9 Å². The van der Waals surface area contributed by atoms with Crippen molar-refractivity contribution < 1.29 is 19.5 Å². The summed E-state index contributed by atoms with van der Waals surface area (Å²) in [5, 5.41) is 11.8. The normalized spacial score (nSPS) is 19.3. The van der Waals surface area contributed by atoms with E-state index in [0.29, 0.717) is 0 Å². The molecule has 1 aliphatic heterocycles. The number of nitrogens with one attached hydrogen (secondary N) is 1. The second-order valence-electron chi connectivity index (χ2n) is 7.61. The van der Waals surface area contributed by atoms with Gasteiger partial charge in [-0.15, -0.1) is 0 Å². The summed E-state index contributed by atoms with van der Waals surface area (Å²) < 4.78 is 1.98. The van der Waals surface area contributed by atoms with Crippen molar-refractivity contribution in [1.82, 2.24) is 14.8 Å². The molecule has 2 aliphatic rings. The van der Waals surface area contributed by atoms with E-state index >= 15 is 0 Å². The number of aryl methyl sites for hydroxylation is 1. The van der Waals surface area contributed by atoms with Crippen LogP contribution >= 0.6 is 0 Å². The van der Waals surface area contributed by atoms with Crippen molar-refractivity contribution in [1.29, 1.82) is 0 Å². The maximum atomic E-state index is 13.0. The van der Waals surface area contributed by atoms with Crippen LogP contribution in [0.2, 0.25) is 0 Å². The summed E-state index contributed by atoms with van der Waals surface area (Å²) in [5.74, 6) is -1.01. The molecule has 7 heteroatoms. The molecule has 0 spiro atoms. The lowest BCUT2D eigenvalue weighted by Gasteiger charge is -2.31. The Hall–Kier alpha value is -3.35. The number of phenols is 1. The number of aromatic nitrogens is 1. The predicted octanol–water partition coefficient (Wildman–Crippen LogP) is 3.20. The van der Waals surface area contributed by atoms with Crippen LogP contribution in [0, 0.1) is 13.8 Å². The van der Waals surface area contributed by atoms with Crippen molar-refractivity contribution in [2.75, 3.05) is 0 Å². The van der Waals surface area contributed by atoms with E-state index in [1.165, 1.54) is 4.90 Å². The van der Waals surface area contributed by atoms with Crippen LogP contribution in [0.5, 0.6) is 5.75 Å². The molecule has 0 bridgehead atoms. The van der Waals surface area contributed by atoms with Gasteiger partial charge in [-0.2, -0.15) is 0 Å². The molecule has 2 fully saturated rings. The summed E-state index contributed by atoms with van der Waals surface area (Å²) in [6.07, 6.45) is 5.06. The lowest BCUT2D eigenvalue weighted by Crippen LogP contribution is -2.57. The van der Waals surface area contributed by atoms with E-state index in [9.17, 15) is 19.5 Å². The van der Waals surface area contributed by atoms with Gasteiger partial charge in [-0.3, -0.25) is 19.8 Å². The van der Waals surface area contributed by atoms with Crippen LogP contribution in [0.15, 0.2) is 35.9 Å². The topological polar surface area (TPSA) is 91.6 Å². The second-order valence-corrected chi connectivity index (χ2v) is 7.61. The molecule has 0 unspecified atom stereocenters. The number of nitrogens with zero attached hydrogens (tertiary/aromatic N) is 2. The van der Waals surface area contributed by atoms with Gasteiger partial charge in [0.05, 0.1) is 0 Å². The Bertz CT molecular complexity index is 1030. The fraction of sp³-hybridized carbons (Fsp3) is 0.318. The Balaban J connectivity index is 1.72. The molecule has 1 aromatic heterocycles. The molecule has 2 aromatic rings. The smallest absolute Gasteiger partial charge is 0.331 e. The monoisotopic (exact) mass is 393 g/mol. The molecule has 0 radical (unpaired) electrons. The molecule has 1 aromatic carbocycles. The highest BCUT2D eigenvalue weighted by molar-refractivity contribution is 6.31. The molecule has 4 amide bonds. The van der Waals surface area contributed by atoms with Crippen molar-refractivity contribution in [2.45, 2.75) is 45.6 Å². The van der Waals surface area contributed by atoms with Gasteiger partial charge in [0.15, 0.2) is 0 Å². The van der Waals surface area contributed by atoms with E-state index in [-0.39, 0.29) is 17.4 Å². The summed E-state index contributed by atoms with van der Waals surface area (Å²) >= 11 is 0. The van der Waals surface area contributed by atoms with Crippen molar-refractivity contribution in [3.05, 3.63) is 52.9 Å². The maximum absolute atomic E-state index is 13.0. The summed E-state index contributed by atoms with van der Waals surface area (Å²) in [6, 6.07) is 7.93. The van der Waals surface area contributed by atoms with Gasteiger partial charge >= 0.3 is 6.03 Å². The molecule has 1 saturated heterocycles. The zero-order valence-corrected chi connectivity index (χ0v) is 16.4. The SMILES string of the molecule is Cc1cc(/C=C2\C(=O)NC(=O)N(C3CCCC3)C2=O)c(C)n1-c1ccc(O)cc1. The summed E-state index contributed by atoms with van der Waals surface area (Å²) in [4.78, 5) is 38.9. The number of phenolic OH excluding ortho intramolecular Hbond substituents is 1. The fourth-order valence-corrected chi connectivity index (χ4v) is 4.25. The molecule has 150 valence electrons. The summed E-state index contributed by atoms with van der Waals surface area (Å²) in [6.45, 7) is 3.83. The third kappa shape index (κ3) is 3.33. The van der Waals surface area contributed by atoms with Crippen molar-refractivity contribution in [2.24, 2.45) is 0 Å². The van der Waals surface area contributed by atoms with Crippen molar-refractivity contribution in [3.8, 4) is 11.4 Å². The summed E-state index contributed by atoms with van der Waals surface area (Å²) in [5.41, 5.74) is 3.35. The number of amides is 4. The van der Waals surface area contributed by atoms with Crippen LogP contribution in [0.3, 0.4) is 0 Å². The van der Waals surface area contributed by atoms with Gasteiger partial charge < -0.3 is 9.67 Å². The van der Waals surface area contributed by atoms with Gasteiger partial charge in [0.1, 0.15) is 11.3 Å². The average molecular weight is 393 g/mol. The Morgan fingerprint density at radius 2 is 1.72 bits per heavy atom. The number of imide groups is 2. The first-order valence-electron chi connectivity index (χ1n) is 9.75. The number of hydrogen-bond donors (Lipinski definition) is 2. The molecular formula is C22H23N3O4. The number of rotatable bonds is 3. The largest absolute Gasteiger partial charge is 0.508 e. The Morgan fingerprint density at radius 1 is 1.07 bits per heavy atom. The van der Waals surface area contributed by atoms with Gasteiger partial charge in [0, 0.05) is 23.1 Å². The first-order valence-corrected chi connectivity index (χ1v) is 9.75. The van der Waals surface area contributed by atoms with E-state index in [0.717, 1.165) is 48.3 Å². The lowest BCUT2D eigenvalue weighted by molar-refractivity contribution is -0.131. The zero-order chi connectivity index (χ0) is 20.7. The highest BCUT2D eigenvalue weighted by Gasteiger charge is 2.40. The molecule has 7 nitrogen and oxygen atoms in total. The highest BCUT2D eigenvalue weighted by atomic mass is 16.3. The molecule has 2 heterocycles. The van der Waals surface area contributed by atoms with Crippen LogP contribution < -0.4 is 5.32 Å². The number of hydrogen-bond acceptors (Lipinski definition) is 4. The minimum absolute atomic E-state index is 0.0255. The number of benzene rings is 1. The summed E-state index contributed by atoms with van der Waals surface area (Å²) in [7, 11) is 0. The van der Waals surface area contributed by atoms with E-state index in [4.69, 9.17) is 0 Å². The molecule has 29 heavy (non-hydrogen) atoms. The first-order chi connectivity index (χ1) is 13.9. The predicted molar refractivity (Wildman–Crippen MR) is 108 cm³/mol. The number of carbonyl (C=O) groups is 3. The standard InChI is InChI=1S/C22H23N3O4/c1-13-11-15(14(2)24(13)17-7-9-18(26)10-8-17)12-19-20(27)23-22(29)25(21(19)28)16-5-3-4-6-16/h7-12,16,26H,3-6H2,1-2H3,(H,23,27,29)/b19-12+. The third-order valence-electron chi connectivity index (χ3n) is 5.70. The van der Waals surface area contributed by atoms with Crippen LogP contribution in [-0.4, -0.2) is 38.5 Å². The third-order valence-corrected chi connectivity index (χ3v) is 5.70. The Labute approximate surface area is 168 Å². The van der Waals surface area contributed by atoms with Crippen LogP contribution in [0.4, 0.5) is 4.79 Å². The number of urea groups is 1. The van der Waals surface area contributed by atoms with Gasteiger partial charge in [-0.05, 0) is 68.7 Å². The van der Waals surface area contributed by atoms with E-state index < -0.39 is 17.8 Å². The number of carbonyl (C=O) groups excluding carboxylic acids is 3. The van der Waals surface area contributed by atoms with E-state index in [1.807, 2.05) is 24.5 Å². The lowest BCUT2D eigenvalue weighted by atomic mass is 10.1. The minimum atomic E-state index is -0.663. The molecular weight excluding hydrogens is 370 g/mol. The maximum Gasteiger partial charge on any atom is 0.331 e. The Morgan fingerprint density at radius 3 is 2.38 bits per heavy atom. The van der Waals surface area contributed by atoms with Gasteiger partial charge in [0.25, 0.3) is 11.8 Å². The van der Waals surface area contributed by atoms with Crippen molar-refractivity contribution in [3.63, 3.8) is 0 Å². The van der Waals surface area contributed by atoms with Crippen LogP contribution in [0.1, 0.15) is 42.6 Å². The second kappa shape index (κ2) is 7.24. The van der Waals surface area contributed by atoms with E-state index in [2.05, 4.69) is 5.32 Å². The minimum Gasteiger partial charge on any atom is -0.508 e. The highest BCUT2D eigenvalue weighted by Crippen LogP contribution is 2.29. The van der Waals surface area contributed by atoms with E-state index in [1.54, 1.807) is 30.3 Å². The number of barbiturate groups is 1. The quantitative estimate of drug-likeness (QED) is 0.619. The molecule has 2 N–H and O–H groups in total. The van der Waals surface area contributed by atoms with Crippen LogP contribution in [-0.2, 0) is 9.59 Å². The average Bonchev–Trinajstić information content (AvgIpc) is 3.28. The fourth-order valence-electron chi connectivity index (χ4n) is 4.25. The molecule has 4 rings (SSSR count). The number of aromatic hydroxyl groups is 1. The Kier molecular flexibility index (Phi) is 4.74. The van der Waals surface area contributed by atoms with Gasteiger partial charge in [-0.25, -0.2) is 4.79 Å². The molecule has 1 saturated carbocycles. The zero-order valence-electron chi connectivity index (χ0n) is 16.4. The first kappa shape index (κ1) is 19.0. The van der Waals surface area contributed by atoms with Gasteiger partial charge in [-0.1, -0.05) is 12.8 Å².